The Kier molecular flexibility index (Phi) is 47.9. The van der Waals surface area contributed by atoms with Crippen molar-refractivity contribution in [1.82, 2.24) is 20.8 Å². The first-order chi connectivity index (χ1) is 67.1. The van der Waals surface area contributed by atoms with Crippen LogP contribution in [-0.2, 0) is 138 Å². The van der Waals surface area contributed by atoms with E-state index in [2.05, 4.69) is 134 Å². The fourth-order valence-corrected chi connectivity index (χ4v) is 26.5. The lowest BCUT2D eigenvalue weighted by atomic mass is 9.69. The number of hydrogen-bond acceptors (Lipinski definition) is 35. The van der Waals surface area contributed by atoms with Gasteiger partial charge in [0.25, 0.3) is 0 Å². The summed E-state index contributed by atoms with van der Waals surface area (Å²) < 4.78 is 63.1. The molecule has 12 saturated carbocycles. The summed E-state index contributed by atoms with van der Waals surface area (Å²) in [5.74, 6) is -0.239. The third-order valence-electron chi connectivity index (χ3n) is 33.8. The van der Waals surface area contributed by atoms with Crippen LogP contribution in [-0.4, -0.2) is 222 Å². The van der Waals surface area contributed by atoms with E-state index < -0.39 is 46.1 Å². The zero-order valence-corrected chi connectivity index (χ0v) is 91.1. The van der Waals surface area contributed by atoms with Gasteiger partial charge in [-0.2, -0.15) is 0 Å². The SMILES string of the molecule is C=C(CCOO)COC(=O)C1C2CC(C(C)C2C)C1C(=O)OCOCC.CC1C(C)C2CC1C(C(=O)NCCO)C2C(=O)OC(C)(C)C.CC1C(C)C2CC1C(C(=O)NCCOO)C2C(=O)OC(C)(C)C.CC1C(C)C2CC1C(C(=O)OCCCOO)C2C(=O)OC(C)(C)C.CCOCOC(=O)C1C2CC(C(C)C2C)C1C(=O)OC.COOSNOCCCNC(=O)C1C2CC(C(C)C2C)C1C(=O)OC(C)(C)C. The minimum atomic E-state index is -0.569. The lowest BCUT2D eigenvalue weighted by molar-refractivity contribution is -0.244. The highest BCUT2D eigenvalue weighted by molar-refractivity contribution is 7.92. The predicted molar refractivity (Wildman–Crippen MR) is 524 cm³/mol. The third-order valence-corrected chi connectivity index (χ3v) is 34.2. The maximum Gasteiger partial charge on any atom is 0.312 e. The van der Waals surface area contributed by atoms with Crippen LogP contribution >= 0.6 is 12.2 Å². The minimum absolute atomic E-state index is 0.0373. The minimum Gasteiger partial charge on any atom is -0.469 e. The molecule has 143 heavy (non-hydrogen) atoms. The van der Waals surface area contributed by atoms with Gasteiger partial charge in [-0.25, -0.2) is 19.6 Å². The van der Waals surface area contributed by atoms with Crippen molar-refractivity contribution in [3.8, 4) is 0 Å². The number of esters is 9. The molecule has 0 saturated heterocycles. The summed E-state index contributed by atoms with van der Waals surface area (Å²) in [6.07, 6.45) is 6.84. The molecule has 36 atom stereocenters. The Labute approximate surface area is 851 Å². The largest absolute Gasteiger partial charge is 0.469 e. The van der Waals surface area contributed by atoms with Gasteiger partial charge in [0.05, 0.1) is 125 Å². The molecular formula is C105H176N4O33S. The van der Waals surface area contributed by atoms with Crippen molar-refractivity contribution in [1.29, 1.82) is 0 Å². The second kappa shape index (κ2) is 55.6. The van der Waals surface area contributed by atoms with E-state index in [-0.39, 0.29) is 256 Å². The molecule has 8 N–H and O–H groups in total. The molecule has 0 aromatic rings. The summed E-state index contributed by atoms with van der Waals surface area (Å²) in [5, 5.41) is 42.4. The van der Waals surface area contributed by atoms with Crippen LogP contribution < -0.4 is 20.8 Å². The molecule has 0 radical (unpaired) electrons. The van der Waals surface area contributed by atoms with E-state index in [1.165, 1.54) is 14.2 Å². The fourth-order valence-electron chi connectivity index (χ4n) is 26.3. The second-order valence-corrected chi connectivity index (χ2v) is 46.6. The second-order valence-electron chi connectivity index (χ2n) is 46.1. The molecule has 12 fully saturated rings. The zero-order valence-electron chi connectivity index (χ0n) is 90.3. The Morgan fingerprint density at radius 3 is 0.888 bits per heavy atom. The van der Waals surface area contributed by atoms with Crippen LogP contribution in [0, 0.1) is 213 Å². The number of nitrogens with one attached hydrogen (secondary N) is 4. The van der Waals surface area contributed by atoms with Gasteiger partial charge < -0.3 is 73.2 Å². The van der Waals surface area contributed by atoms with Gasteiger partial charge in [0.1, 0.15) is 41.2 Å². The third kappa shape index (κ3) is 31.7. The van der Waals surface area contributed by atoms with Gasteiger partial charge in [-0.1, -0.05) is 89.7 Å². The van der Waals surface area contributed by atoms with E-state index >= 15 is 0 Å². The van der Waals surface area contributed by atoms with Gasteiger partial charge in [-0.3, -0.25) is 78.1 Å². The van der Waals surface area contributed by atoms with Crippen LogP contribution in [0.5, 0.6) is 0 Å². The lowest BCUT2D eigenvalue weighted by Crippen LogP contribution is -2.47. The first kappa shape index (κ1) is 123. The molecule has 0 spiro atoms. The van der Waals surface area contributed by atoms with E-state index in [4.69, 9.17) is 77.8 Å². The van der Waals surface area contributed by atoms with Gasteiger partial charge in [0.15, 0.2) is 13.6 Å². The molecule has 820 valence electrons. The van der Waals surface area contributed by atoms with E-state index in [0.29, 0.717) is 122 Å². The highest BCUT2D eigenvalue weighted by Crippen LogP contribution is 2.65. The fraction of sp³-hybridized carbons (Fsp3) is 0.867. The maximum atomic E-state index is 12.9. The molecule has 0 aromatic carbocycles. The first-order valence-corrected chi connectivity index (χ1v) is 52.8. The van der Waals surface area contributed by atoms with Gasteiger partial charge in [-0.15, -0.1) is 9.22 Å². The molecule has 12 bridgehead atoms. The summed E-state index contributed by atoms with van der Waals surface area (Å²) in [6.45, 7) is 58.2. The molecule has 12 aliphatic rings. The van der Waals surface area contributed by atoms with Crippen LogP contribution in [0.25, 0.3) is 0 Å². The van der Waals surface area contributed by atoms with Crippen molar-refractivity contribution >= 4 is 83.7 Å². The molecular weight excluding hydrogens is 1880 g/mol. The summed E-state index contributed by atoms with van der Waals surface area (Å²) >= 11 is 0.821. The Morgan fingerprint density at radius 2 is 0.601 bits per heavy atom. The van der Waals surface area contributed by atoms with Gasteiger partial charge in [0.2, 0.25) is 17.7 Å². The number of carbonyl (C=O) groups excluding carboxylic acids is 12. The van der Waals surface area contributed by atoms with Gasteiger partial charge >= 0.3 is 53.7 Å². The zero-order chi connectivity index (χ0) is 107. The molecule has 0 aliphatic heterocycles. The van der Waals surface area contributed by atoms with Crippen molar-refractivity contribution < 1.29 is 159 Å². The van der Waals surface area contributed by atoms with E-state index in [1.54, 1.807) is 0 Å². The number of methoxy groups -OCH3 is 1. The molecule has 37 nitrogen and oxygen atoms in total. The highest BCUT2D eigenvalue weighted by atomic mass is 32.2. The monoisotopic (exact) mass is 2050 g/mol. The Hall–Kier alpha value is -6.79. The van der Waals surface area contributed by atoms with Crippen LogP contribution in [0.15, 0.2) is 12.2 Å². The lowest BCUT2D eigenvalue weighted by Gasteiger charge is -2.37. The van der Waals surface area contributed by atoms with Crippen LogP contribution in [0.1, 0.15) is 238 Å². The van der Waals surface area contributed by atoms with Crippen molar-refractivity contribution in [3.05, 3.63) is 12.2 Å². The van der Waals surface area contributed by atoms with Crippen molar-refractivity contribution in [2.75, 3.05) is 107 Å². The van der Waals surface area contributed by atoms with E-state index in [1.807, 2.05) is 96.9 Å². The van der Waals surface area contributed by atoms with Crippen molar-refractivity contribution in [2.45, 2.75) is 260 Å². The number of amides is 3. The van der Waals surface area contributed by atoms with Gasteiger partial charge in [0, 0.05) is 39.3 Å². The number of aliphatic hydroxyl groups is 1. The topological polar surface area (TPSA) is 491 Å². The van der Waals surface area contributed by atoms with Crippen molar-refractivity contribution in [3.63, 3.8) is 0 Å². The summed E-state index contributed by atoms with van der Waals surface area (Å²) in [5.41, 5.74) is -1.57. The summed E-state index contributed by atoms with van der Waals surface area (Å²) in [4.78, 5) is 175. The van der Waals surface area contributed by atoms with Crippen LogP contribution in [0.3, 0.4) is 0 Å². The number of rotatable bonds is 40. The quantitative estimate of drug-likeness (QED) is 0.00325. The number of fused-ring (bicyclic) bond motifs is 12. The first-order valence-electron chi connectivity index (χ1n) is 52.1. The molecule has 3 amide bonds. The number of hydrogen-bond donors (Lipinski definition) is 8. The van der Waals surface area contributed by atoms with Crippen LogP contribution in [0.4, 0.5) is 0 Å². The van der Waals surface area contributed by atoms with Crippen LogP contribution in [0.2, 0.25) is 0 Å². The standard InChI is InChI=1S/C19H34N2O6S.C19H30O7.C18H30O6.C17H29NO5.C17H29NO4.C15H24O5/c1-11-12(2)14-10-13(11)15(16(14)18(23)26-19(3,4)5)17(22)20-8-7-9-25-21-28-27-24-6;1-5-23-10-25-19(21)17-15-8-14(12(3)13(15)4)16(17)18(20)24-9-11(2)6-7-26-22;1-10-11(2)13-9-12(10)14(16(19)22-7-6-8-23-21)15(13)17(20)24-18(3,4)5;1-9-10(2)12-8-11(9)13(15(19)18-6-7-22-21)14(12)16(20)23-17(3,4)5;1-9-10(2)12-8-11(9)13(15(20)18-6-7-19)14(12)16(21)22-17(3,4)5;1-5-19-7-20-15(17)13-11-6-10(8(2)9(11)3)12(13)14(16)18-4/h11-16,21H,7-10H2,1-6H3,(H,20,22);12-17,22H,2,5-10H2,1,3-4H3;10-15,21H,6-9H2,1-5H3;9-14,21H,6-8H2,1-5H3,(H,18,19);9-14,19H,6-8H2,1-5H3,(H,18,20);8-13H,5-7H2,1-4H3. The van der Waals surface area contributed by atoms with E-state index in [0.717, 1.165) is 50.8 Å². The smallest absolute Gasteiger partial charge is 0.312 e. The number of aliphatic hydroxyl groups excluding tert-OH is 1. The number of carbonyl (C=O) groups is 12. The average molecular weight is 2050 g/mol. The summed E-state index contributed by atoms with van der Waals surface area (Å²) in [6, 6.07) is 0. The van der Waals surface area contributed by atoms with Crippen molar-refractivity contribution in [2.24, 2.45) is 213 Å². The Bertz CT molecular complexity index is 4130. The maximum absolute atomic E-state index is 12.9. The molecule has 12 rings (SSSR count). The number of ether oxygens (including phenoxy) is 11. The highest BCUT2D eigenvalue weighted by Gasteiger charge is 2.67. The molecule has 0 aromatic heterocycles. The molecule has 36 unspecified atom stereocenters. The van der Waals surface area contributed by atoms with E-state index in [9.17, 15) is 57.5 Å². The normalized spacial score (nSPS) is 35.0. The Morgan fingerprint density at radius 1 is 0.329 bits per heavy atom. The predicted octanol–water partition coefficient (Wildman–Crippen LogP) is 13.7. The molecule has 0 heterocycles. The molecule has 12 aliphatic carbocycles. The Balaban J connectivity index is 0.000000234. The average Bonchev–Trinajstić information content (AvgIpc) is 1.61. The summed E-state index contributed by atoms with van der Waals surface area (Å²) in [7, 11) is 2.77. The molecule has 38 heteroatoms. The van der Waals surface area contributed by atoms with Gasteiger partial charge in [-0.05, 0) is 296 Å².